The standard InChI is InChI=1S/C16H19N3O2/c1-12-4-2-3-5-14(12)16(20)17-7-8-19-15-6-9-21-11-13(15)10-18-19/h2-5,10H,6-9,11H2,1H3,(H,17,20). The fourth-order valence-electron chi connectivity index (χ4n) is 2.60. The summed E-state index contributed by atoms with van der Waals surface area (Å²) >= 11 is 0. The van der Waals surface area contributed by atoms with Crippen molar-refractivity contribution in [2.75, 3.05) is 13.2 Å². The summed E-state index contributed by atoms with van der Waals surface area (Å²) in [5.41, 5.74) is 4.11. The maximum absolute atomic E-state index is 12.1. The van der Waals surface area contributed by atoms with E-state index in [1.54, 1.807) is 0 Å². The van der Waals surface area contributed by atoms with Crippen LogP contribution >= 0.6 is 0 Å². The highest BCUT2D eigenvalue weighted by atomic mass is 16.5. The van der Waals surface area contributed by atoms with E-state index in [1.807, 2.05) is 42.1 Å². The number of amides is 1. The van der Waals surface area contributed by atoms with Gasteiger partial charge in [0.1, 0.15) is 0 Å². The molecule has 0 saturated carbocycles. The van der Waals surface area contributed by atoms with Gasteiger partial charge < -0.3 is 10.1 Å². The molecule has 21 heavy (non-hydrogen) atoms. The lowest BCUT2D eigenvalue weighted by atomic mass is 10.1. The molecule has 1 amide bonds. The Labute approximate surface area is 123 Å². The first-order valence-electron chi connectivity index (χ1n) is 7.21. The topological polar surface area (TPSA) is 56.2 Å². The van der Waals surface area contributed by atoms with Gasteiger partial charge in [-0.1, -0.05) is 18.2 Å². The zero-order valence-electron chi connectivity index (χ0n) is 12.1. The first-order chi connectivity index (χ1) is 10.3. The minimum absolute atomic E-state index is 0.0301. The first-order valence-corrected chi connectivity index (χ1v) is 7.21. The van der Waals surface area contributed by atoms with Crippen LogP contribution in [-0.4, -0.2) is 28.8 Å². The fourth-order valence-corrected chi connectivity index (χ4v) is 2.60. The van der Waals surface area contributed by atoms with E-state index in [2.05, 4.69) is 10.4 Å². The molecule has 1 aliphatic heterocycles. The molecular formula is C16H19N3O2. The van der Waals surface area contributed by atoms with Crippen molar-refractivity contribution in [1.82, 2.24) is 15.1 Å². The lowest BCUT2D eigenvalue weighted by molar-refractivity contribution is 0.0949. The van der Waals surface area contributed by atoms with E-state index in [-0.39, 0.29) is 5.91 Å². The minimum Gasteiger partial charge on any atom is -0.376 e. The van der Waals surface area contributed by atoms with Gasteiger partial charge in [-0.15, -0.1) is 0 Å². The molecule has 0 radical (unpaired) electrons. The molecule has 0 fully saturated rings. The van der Waals surface area contributed by atoms with E-state index in [4.69, 9.17) is 4.74 Å². The van der Waals surface area contributed by atoms with Crippen LogP contribution in [0.25, 0.3) is 0 Å². The van der Waals surface area contributed by atoms with Crippen LogP contribution in [-0.2, 0) is 24.3 Å². The van der Waals surface area contributed by atoms with E-state index in [0.29, 0.717) is 19.7 Å². The molecule has 0 atom stereocenters. The Kier molecular flexibility index (Phi) is 4.01. The van der Waals surface area contributed by atoms with Crippen molar-refractivity contribution in [2.45, 2.75) is 26.5 Å². The van der Waals surface area contributed by atoms with Crippen molar-refractivity contribution in [1.29, 1.82) is 0 Å². The smallest absolute Gasteiger partial charge is 0.251 e. The summed E-state index contributed by atoms with van der Waals surface area (Å²) in [6.07, 6.45) is 2.75. The van der Waals surface area contributed by atoms with Crippen molar-refractivity contribution in [3.63, 3.8) is 0 Å². The Morgan fingerprint density at radius 2 is 2.29 bits per heavy atom. The lowest BCUT2D eigenvalue weighted by Crippen LogP contribution is -2.28. The minimum atomic E-state index is -0.0301. The summed E-state index contributed by atoms with van der Waals surface area (Å²) < 4.78 is 7.37. The molecular weight excluding hydrogens is 266 g/mol. The van der Waals surface area contributed by atoms with E-state index >= 15 is 0 Å². The average Bonchev–Trinajstić information content (AvgIpc) is 2.91. The number of nitrogens with one attached hydrogen (secondary N) is 1. The van der Waals surface area contributed by atoms with Crippen molar-refractivity contribution in [3.05, 3.63) is 52.8 Å². The number of carbonyl (C=O) groups excluding carboxylic acids is 1. The molecule has 0 saturated heterocycles. The predicted molar refractivity (Wildman–Crippen MR) is 79.1 cm³/mol. The van der Waals surface area contributed by atoms with Crippen molar-refractivity contribution < 1.29 is 9.53 Å². The lowest BCUT2D eigenvalue weighted by Gasteiger charge is -2.15. The summed E-state index contributed by atoms with van der Waals surface area (Å²) in [5.74, 6) is -0.0301. The van der Waals surface area contributed by atoms with Crippen molar-refractivity contribution >= 4 is 5.91 Å². The van der Waals surface area contributed by atoms with Gasteiger partial charge in [0.05, 0.1) is 26.0 Å². The van der Waals surface area contributed by atoms with Gasteiger partial charge in [0.2, 0.25) is 0 Å². The molecule has 0 unspecified atom stereocenters. The van der Waals surface area contributed by atoms with Crippen LogP contribution in [0.3, 0.4) is 0 Å². The number of carbonyl (C=O) groups is 1. The number of rotatable bonds is 4. The van der Waals surface area contributed by atoms with Gasteiger partial charge in [-0.05, 0) is 18.6 Å². The second-order valence-corrected chi connectivity index (χ2v) is 5.21. The number of fused-ring (bicyclic) bond motifs is 1. The van der Waals surface area contributed by atoms with Crippen molar-refractivity contribution in [2.24, 2.45) is 0 Å². The Balaban J connectivity index is 1.58. The average molecular weight is 285 g/mol. The molecule has 5 heteroatoms. The molecule has 2 aromatic rings. The SMILES string of the molecule is Cc1ccccc1C(=O)NCCn1ncc2c1CCOC2. The summed E-state index contributed by atoms with van der Waals surface area (Å²) in [7, 11) is 0. The molecule has 3 rings (SSSR count). The molecule has 0 aliphatic carbocycles. The summed E-state index contributed by atoms with van der Waals surface area (Å²) in [6, 6.07) is 7.60. The number of nitrogens with zero attached hydrogens (tertiary/aromatic N) is 2. The summed E-state index contributed by atoms with van der Waals surface area (Å²) in [6.45, 7) is 4.59. The predicted octanol–water partition coefficient (Wildman–Crippen LogP) is 1.69. The number of ether oxygens (including phenoxy) is 1. The second kappa shape index (κ2) is 6.10. The molecule has 110 valence electrons. The van der Waals surface area contributed by atoms with E-state index < -0.39 is 0 Å². The van der Waals surface area contributed by atoms with Crippen LogP contribution in [0, 0.1) is 6.92 Å². The normalized spacial score (nSPS) is 13.8. The number of hydrogen-bond donors (Lipinski definition) is 1. The second-order valence-electron chi connectivity index (χ2n) is 5.21. The number of aromatic nitrogens is 2. The van der Waals surface area contributed by atoms with Crippen LogP contribution < -0.4 is 5.32 Å². The third-order valence-electron chi connectivity index (χ3n) is 3.77. The van der Waals surface area contributed by atoms with Gasteiger partial charge in [-0.25, -0.2) is 0 Å². The number of hydrogen-bond acceptors (Lipinski definition) is 3. The van der Waals surface area contributed by atoms with Crippen LogP contribution in [0.4, 0.5) is 0 Å². The van der Waals surface area contributed by atoms with Crippen LogP contribution in [0.1, 0.15) is 27.2 Å². The Hall–Kier alpha value is -2.14. The van der Waals surface area contributed by atoms with E-state index in [0.717, 1.165) is 29.7 Å². The molecule has 1 aliphatic rings. The van der Waals surface area contributed by atoms with Gasteiger partial charge in [0, 0.05) is 29.8 Å². The van der Waals surface area contributed by atoms with E-state index in [1.165, 1.54) is 5.69 Å². The first kappa shape index (κ1) is 13.8. The quantitative estimate of drug-likeness (QED) is 0.930. The highest BCUT2D eigenvalue weighted by Crippen LogP contribution is 2.15. The molecule has 5 nitrogen and oxygen atoms in total. The largest absolute Gasteiger partial charge is 0.376 e. The van der Waals surface area contributed by atoms with Crippen LogP contribution in [0.2, 0.25) is 0 Å². The molecule has 0 spiro atoms. The van der Waals surface area contributed by atoms with Gasteiger partial charge >= 0.3 is 0 Å². The third kappa shape index (κ3) is 2.97. The van der Waals surface area contributed by atoms with Gasteiger partial charge in [-0.3, -0.25) is 9.48 Å². The highest BCUT2D eigenvalue weighted by Gasteiger charge is 2.15. The Bertz CT molecular complexity index is 649. The van der Waals surface area contributed by atoms with Gasteiger partial charge in [-0.2, -0.15) is 5.10 Å². The van der Waals surface area contributed by atoms with Crippen molar-refractivity contribution in [3.8, 4) is 0 Å². The maximum Gasteiger partial charge on any atom is 0.251 e. The monoisotopic (exact) mass is 285 g/mol. The number of aryl methyl sites for hydroxylation is 1. The molecule has 0 bridgehead atoms. The Morgan fingerprint density at radius 1 is 1.43 bits per heavy atom. The number of benzene rings is 1. The molecule has 1 aromatic carbocycles. The summed E-state index contributed by atoms with van der Waals surface area (Å²) in [5, 5.41) is 7.32. The Morgan fingerprint density at radius 3 is 3.14 bits per heavy atom. The highest BCUT2D eigenvalue weighted by molar-refractivity contribution is 5.95. The van der Waals surface area contributed by atoms with Crippen LogP contribution in [0.5, 0.6) is 0 Å². The molecule has 1 aromatic heterocycles. The molecule has 2 heterocycles. The third-order valence-corrected chi connectivity index (χ3v) is 3.77. The van der Waals surface area contributed by atoms with Gasteiger partial charge in [0.15, 0.2) is 0 Å². The summed E-state index contributed by atoms with van der Waals surface area (Å²) in [4.78, 5) is 12.1. The molecule has 1 N–H and O–H groups in total. The zero-order valence-corrected chi connectivity index (χ0v) is 12.1. The van der Waals surface area contributed by atoms with E-state index in [9.17, 15) is 4.79 Å². The zero-order chi connectivity index (χ0) is 14.7. The van der Waals surface area contributed by atoms with Crippen LogP contribution in [0.15, 0.2) is 30.5 Å². The fraction of sp³-hybridized carbons (Fsp3) is 0.375. The van der Waals surface area contributed by atoms with Gasteiger partial charge in [0.25, 0.3) is 5.91 Å². The maximum atomic E-state index is 12.1.